The van der Waals surface area contributed by atoms with Gasteiger partial charge < -0.3 is 15.2 Å². The standard InChI is InChI=1S/C18H16F3NO4/c1-11(16(24)22-10-18(19,20)21)26-17(25)14-4-2-12(3-5-14)13-6-8-15(23)9-7-13/h2-9,11,23H,10H2,1H3,(H,22,24). The molecule has 1 atom stereocenters. The van der Waals surface area contributed by atoms with Gasteiger partial charge in [-0.3, -0.25) is 4.79 Å². The highest BCUT2D eigenvalue weighted by Gasteiger charge is 2.29. The predicted molar refractivity (Wildman–Crippen MR) is 87.5 cm³/mol. The van der Waals surface area contributed by atoms with Gasteiger partial charge in [-0.25, -0.2) is 4.79 Å². The molecule has 2 aromatic rings. The number of ether oxygens (including phenoxy) is 1. The van der Waals surface area contributed by atoms with Crippen molar-refractivity contribution in [3.63, 3.8) is 0 Å². The second-order valence-electron chi connectivity index (χ2n) is 5.50. The molecule has 0 spiro atoms. The fraction of sp³-hybridized carbons (Fsp3) is 0.222. The van der Waals surface area contributed by atoms with E-state index in [0.717, 1.165) is 11.1 Å². The maximum atomic E-state index is 12.1. The molecule has 0 aromatic heterocycles. The fourth-order valence-corrected chi connectivity index (χ4v) is 2.07. The normalized spacial score (nSPS) is 12.3. The van der Waals surface area contributed by atoms with Crippen LogP contribution in [0.5, 0.6) is 5.75 Å². The Kier molecular flexibility index (Phi) is 5.86. The number of nitrogens with one attached hydrogen (secondary N) is 1. The smallest absolute Gasteiger partial charge is 0.405 e. The number of phenolic OH excluding ortho intramolecular Hbond substituents is 1. The molecule has 5 nitrogen and oxygen atoms in total. The molecule has 0 bridgehead atoms. The van der Waals surface area contributed by atoms with E-state index in [9.17, 15) is 27.9 Å². The summed E-state index contributed by atoms with van der Waals surface area (Å²) in [7, 11) is 0. The van der Waals surface area contributed by atoms with E-state index in [1.165, 1.54) is 31.2 Å². The summed E-state index contributed by atoms with van der Waals surface area (Å²) in [6.45, 7) is -0.302. The summed E-state index contributed by atoms with van der Waals surface area (Å²) in [4.78, 5) is 23.5. The maximum Gasteiger partial charge on any atom is 0.405 e. The number of rotatable bonds is 5. The lowest BCUT2D eigenvalue weighted by atomic mass is 10.0. The third kappa shape index (κ3) is 5.51. The molecule has 2 aromatic carbocycles. The van der Waals surface area contributed by atoms with Crippen molar-refractivity contribution >= 4 is 11.9 Å². The van der Waals surface area contributed by atoms with Crippen LogP contribution in [0.1, 0.15) is 17.3 Å². The minimum atomic E-state index is -4.54. The van der Waals surface area contributed by atoms with Gasteiger partial charge in [-0.1, -0.05) is 24.3 Å². The Labute approximate surface area is 147 Å². The van der Waals surface area contributed by atoms with Crippen LogP contribution in [0.4, 0.5) is 13.2 Å². The highest BCUT2D eigenvalue weighted by atomic mass is 19.4. The molecule has 1 unspecified atom stereocenters. The van der Waals surface area contributed by atoms with Crippen molar-refractivity contribution in [1.82, 2.24) is 5.32 Å². The molecule has 0 radical (unpaired) electrons. The Balaban J connectivity index is 1.97. The first kappa shape index (κ1) is 19.3. The summed E-state index contributed by atoms with van der Waals surface area (Å²) in [5.41, 5.74) is 1.77. The number of benzene rings is 2. The molecule has 0 saturated carbocycles. The van der Waals surface area contributed by atoms with Crippen LogP contribution in [0, 0.1) is 0 Å². The summed E-state index contributed by atoms with van der Waals surface area (Å²) >= 11 is 0. The Morgan fingerprint density at radius 1 is 1.04 bits per heavy atom. The molecule has 2 N–H and O–H groups in total. The first-order valence-corrected chi connectivity index (χ1v) is 7.60. The Morgan fingerprint density at radius 2 is 1.54 bits per heavy atom. The van der Waals surface area contributed by atoms with Gasteiger partial charge in [0.15, 0.2) is 6.10 Å². The molecule has 26 heavy (non-hydrogen) atoms. The number of hydrogen-bond donors (Lipinski definition) is 2. The van der Waals surface area contributed by atoms with Gasteiger partial charge in [0.1, 0.15) is 12.3 Å². The highest BCUT2D eigenvalue weighted by Crippen LogP contribution is 2.22. The molecule has 0 fully saturated rings. The van der Waals surface area contributed by atoms with Gasteiger partial charge in [-0.2, -0.15) is 13.2 Å². The van der Waals surface area contributed by atoms with E-state index in [1.54, 1.807) is 29.6 Å². The zero-order chi connectivity index (χ0) is 19.3. The Bertz CT molecular complexity index is 771. The molecule has 138 valence electrons. The summed E-state index contributed by atoms with van der Waals surface area (Å²) in [6, 6.07) is 12.7. The van der Waals surface area contributed by atoms with Crippen LogP contribution in [0.25, 0.3) is 11.1 Å². The van der Waals surface area contributed by atoms with Crippen LogP contribution in [0.2, 0.25) is 0 Å². The van der Waals surface area contributed by atoms with Crippen molar-refractivity contribution in [1.29, 1.82) is 0 Å². The number of phenols is 1. The lowest BCUT2D eigenvalue weighted by Crippen LogP contribution is -2.40. The van der Waals surface area contributed by atoms with E-state index < -0.39 is 30.7 Å². The van der Waals surface area contributed by atoms with Crippen molar-refractivity contribution in [2.75, 3.05) is 6.54 Å². The number of aromatic hydroxyl groups is 1. The fourth-order valence-electron chi connectivity index (χ4n) is 2.07. The predicted octanol–water partition coefficient (Wildman–Crippen LogP) is 3.28. The van der Waals surface area contributed by atoms with Crippen LogP contribution in [0.3, 0.4) is 0 Å². The van der Waals surface area contributed by atoms with Gasteiger partial charge in [0.05, 0.1) is 5.56 Å². The molecular weight excluding hydrogens is 351 g/mol. The number of esters is 1. The van der Waals surface area contributed by atoms with Crippen molar-refractivity contribution in [2.45, 2.75) is 19.2 Å². The number of carbonyl (C=O) groups is 2. The monoisotopic (exact) mass is 367 g/mol. The van der Waals surface area contributed by atoms with Crippen molar-refractivity contribution < 1.29 is 32.6 Å². The number of halogens is 3. The molecule has 0 aliphatic heterocycles. The minimum Gasteiger partial charge on any atom is -0.508 e. The van der Waals surface area contributed by atoms with E-state index in [1.807, 2.05) is 0 Å². The molecule has 2 rings (SSSR count). The zero-order valence-corrected chi connectivity index (χ0v) is 13.7. The summed E-state index contributed by atoms with van der Waals surface area (Å²) in [5, 5.41) is 10.9. The maximum absolute atomic E-state index is 12.1. The second-order valence-corrected chi connectivity index (χ2v) is 5.50. The van der Waals surface area contributed by atoms with Gasteiger partial charge in [0, 0.05) is 0 Å². The van der Waals surface area contributed by atoms with E-state index in [0.29, 0.717) is 0 Å². The van der Waals surface area contributed by atoms with Gasteiger partial charge in [0.2, 0.25) is 0 Å². The third-order valence-electron chi connectivity index (χ3n) is 3.44. The van der Waals surface area contributed by atoms with Crippen LogP contribution in [-0.4, -0.2) is 35.8 Å². The van der Waals surface area contributed by atoms with Crippen molar-refractivity contribution in [3.05, 3.63) is 54.1 Å². The molecular formula is C18H16F3NO4. The van der Waals surface area contributed by atoms with Gasteiger partial charge in [-0.15, -0.1) is 0 Å². The van der Waals surface area contributed by atoms with Gasteiger partial charge in [0.25, 0.3) is 5.91 Å². The summed E-state index contributed by atoms with van der Waals surface area (Å²) < 4.78 is 41.1. The quantitative estimate of drug-likeness (QED) is 0.796. The lowest BCUT2D eigenvalue weighted by Gasteiger charge is -2.14. The van der Waals surface area contributed by atoms with E-state index in [4.69, 9.17) is 4.74 Å². The average Bonchev–Trinajstić information content (AvgIpc) is 2.59. The van der Waals surface area contributed by atoms with E-state index >= 15 is 0 Å². The number of amides is 1. The Hall–Kier alpha value is -3.03. The largest absolute Gasteiger partial charge is 0.508 e. The summed E-state index contributed by atoms with van der Waals surface area (Å²) in [5.74, 6) is -1.72. The molecule has 0 heterocycles. The molecule has 1 amide bonds. The van der Waals surface area contributed by atoms with Gasteiger partial charge in [-0.05, 0) is 42.3 Å². The lowest BCUT2D eigenvalue weighted by molar-refractivity contribution is -0.143. The van der Waals surface area contributed by atoms with Crippen LogP contribution >= 0.6 is 0 Å². The van der Waals surface area contributed by atoms with E-state index in [2.05, 4.69) is 0 Å². The first-order valence-electron chi connectivity index (χ1n) is 7.60. The van der Waals surface area contributed by atoms with Crippen LogP contribution in [0.15, 0.2) is 48.5 Å². The third-order valence-corrected chi connectivity index (χ3v) is 3.44. The van der Waals surface area contributed by atoms with Gasteiger partial charge >= 0.3 is 12.1 Å². The van der Waals surface area contributed by atoms with Crippen LogP contribution in [-0.2, 0) is 9.53 Å². The van der Waals surface area contributed by atoms with Crippen LogP contribution < -0.4 is 5.32 Å². The minimum absolute atomic E-state index is 0.131. The van der Waals surface area contributed by atoms with Crippen molar-refractivity contribution in [2.24, 2.45) is 0 Å². The number of carbonyl (C=O) groups excluding carboxylic acids is 2. The molecule has 0 aliphatic carbocycles. The average molecular weight is 367 g/mol. The molecule has 8 heteroatoms. The topological polar surface area (TPSA) is 75.6 Å². The SMILES string of the molecule is CC(OC(=O)c1ccc(-c2ccc(O)cc2)cc1)C(=O)NCC(F)(F)F. The molecule has 0 saturated heterocycles. The van der Waals surface area contributed by atoms with Crippen molar-refractivity contribution in [3.8, 4) is 16.9 Å². The van der Waals surface area contributed by atoms with E-state index in [-0.39, 0.29) is 11.3 Å². The number of hydrogen-bond acceptors (Lipinski definition) is 4. The molecule has 0 aliphatic rings. The zero-order valence-electron chi connectivity index (χ0n) is 13.7. The Morgan fingerprint density at radius 3 is 2.04 bits per heavy atom. The second kappa shape index (κ2) is 7.90. The highest BCUT2D eigenvalue weighted by molar-refractivity contribution is 5.92. The number of alkyl halides is 3. The first-order chi connectivity index (χ1) is 12.2. The summed E-state index contributed by atoms with van der Waals surface area (Å²) in [6.07, 6.45) is -5.90.